The van der Waals surface area contributed by atoms with E-state index in [1.165, 1.54) is 0 Å². The SMILES string of the molecule is O=C1NC(C2CC2)C1C(F)(F)F. The minimum absolute atomic E-state index is 0.0781. The molecule has 0 aromatic rings. The van der Waals surface area contributed by atoms with Crippen LogP contribution in [0.4, 0.5) is 13.2 Å². The largest absolute Gasteiger partial charge is 0.402 e. The van der Waals surface area contributed by atoms with Crippen LogP contribution in [0.2, 0.25) is 0 Å². The monoisotopic (exact) mass is 179 g/mol. The van der Waals surface area contributed by atoms with E-state index in [1.54, 1.807) is 0 Å². The zero-order valence-electron chi connectivity index (χ0n) is 6.19. The topological polar surface area (TPSA) is 29.1 Å². The Morgan fingerprint density at radius 1 is 1.33 bits per heavy atom. The van der Waals surface area contributed by atoms with Crippen LogP contribution in [-0.2, 0) is 4.79 Å². The van der Waals surface area contributed by atoms with E-state index in [1.807, 2.05) is 0 Å². The molecule has 0 spiro atoms. The zero-order valence-corrected chi connectivity index (χ0v) is 6.19. The first-order valence-electron chi connectivity index (χ1n) is 3.87. The molecular formula is C7H8F3NO. The number of carbonyl (C=O) groups excluding carboxylic acids is 1. The smallest absolute Gasteiger partial charge is 0.351 e. The number of carbonyl (C=O) groups is 1. The van der Waals surface area contributed by atoms with Crippen molar-refractivity contribution in [3.05, 3.63) is 0 Å². The van der Waals surface area contributed by atoms with Gasteiger partial charge in [-0.25, -0.2) is 0 Å². The molecule has 1 saturated heterocycles. The number of nitrogens with one attached hydrogen (secondary N) is 1. The summed E-state index contributed by atoms with van der Waals surface area (Å²) in [6, 6.07) is -0.627. The van der Waals surface area contributed by atoms with Crippen LogP contribution in [-0.4, -0.2) is 18.1 Å². The first-order chi connectivity index (χ1) is 5.50. The molecule has 1 aliphatic carbocycles. The molecule has 1 saturated carbocycles. The molecule has 12 heavy (non-hydrogen) atoms. The van der Waals surface area contributed by atoms with E-state index < -0.39 is 24.0 Å². The Bertz CT molecular complexity index is 221. The minimum Gasteiger partial charge on any atom is -0.351 e. The van der Waals surface area contributed by atoms with E-state index >= 15 is 0 Å². The third kappa shape index (κ3) is 1.07. The average molecular weight is 179 g/mol. The highest BCUT2D eigenvalue weighted by molar-refractivity contribution is 5.86. The normalized spacial score (nSPS) is 35.8. The third-order valence-electron chi connectivity index (χ3n) is 2.43. The summed E-state index contributed by atoms with van der Waals surface area (Å²) in [5, 5.41) is 2.30. The summed E-state index contributed by atoms with van der Waals surface area (Å²) in [6.07, 6.45) is -2.72. The maximum Gasteiger partial charge on any atom is 0.402 e. The zero-order chi connectivity index (χ0) is 8.93. The Kier molecular flexibility index (Phi) is 1.41. The van der Waals surface area contributed by atoms with Crippen LogP contribution in [0.25, 0.3) is 0 Å². The number of halogens is 3. The fourth-order valence-corrected chi connectivity index (χ4v) is 1.60. The van der Waals surface area contributed by atoms with Crippen molar-refractivity contribution in [2.75, 3.05) is 0 Å². The van der Waals surface area contributed by atoms with Gasteiger partial charge in [0, 0.05) is 0 Å². The van der Waals surface area contributed by atoms with E-state index in [4.69, 9.17) is 0 Å². The molecule has 1 heterocycles. The van der Waals surface area contributed by atoms with Crippen molar-refractivity contribution in [3.63, 3.8) is 0 Å². The number of hydrogen-bond donors (Lipinski definition) is 1. The highest BCUT2D eigenvalue weighted by Crippen LogP contribution is 2.45. The van der Waals surface area contributed by atoms with Gasteiger partial charge in [-0.15, -0.1) is 0 Å². The summed E-state index contributed by atoms with van der Waals surface area (Å²) < 4.78 is 36.4. The predicted octanol–water partition coefficient (Wildman–Crippen LogP) is 1.07. The molecule has 0 radical (unpaired) electrons. The Labute approximate surface area is 67.1 Å². The Morgan fingerprint density at radius 2 is 1.92 bits per heavy atom. The molecule has 2 unspecified atom stereocenters. The van der Waals surface area contributed by atoms with Crippen molar-refractivity contribution in [2.24, 2.45) is 11.8 Å². The van der Waals surface area contributed by atoms with E-state index in [0.29, 0.717) is 0 Å². The molecular weight excluding hydrogens is 171 g/mol. The van der Waals surface area contributed by atoms with Gasteiger partial charge in [0.05, 0.1) is 6.04 Å². The molecule has 0 bridgehead atoms. The Hall–Kier alpha value is -0.740. The molecule has 1 amide bonds. The molecule has 1 N–H and O–H groups in total. The summed E-state index contributed by atoms with van der Waals surface area (Å²) in [4.78, 5) is 10.6. The van der Waals surface area contributed by atoms with Gasteiger partial charge in [0.25, 0.3) is 0 Å². The van der Waals surface area contributed by atoms with Crippen molar-refractivity contribution < 1.29 is 18.0 Å². The van der Waals surface area contributed by atoms with E-state index in [-0.39, 0.29) is 5.92 Å². The quantitative estimate of drug-likeness (QED) is 0.599. The molecule has 68 valence electrons. The first-order valence-corrected chi connectivity index (χ1v) is 3.87. The highest BCUT2D eigenvalue weighted by Gasteiger charge is 2.60. The molecule has 2 nitrogen and oxygen atoms in total. The number of β-lactam (4-membered cyclic amide) rings is 1. The van der Waals surface area contributed by atoms with Gasteiger partial charge < -0.3 is 5.32 Å². The van der Waals surface area contributed by atoms with Crippen LogP contribution in [0.15, 0.2) is 0 Å². The van der Waals surface area contributed by atoms with Crippen LogP contribution in [0, 0.1) is 11.8 Å². The van der Waals surface area contributed by atoms with Gasteiger partial charge in [-0.05, 0) is 18.8 Å². The fraction of sp³-hybridized carbons (Fsp3) is 0.857. The fourth-order valence-electron chi connectivity index (χ4n) is 1.60. The summed E-state index contributed by atoms with van der Waals surface area (Å²) in [6.45, 7) is 0. The standard InChI is InChI=1S/C7H8F3NO/c8-7(9,10)4-5(3-1-2-3)11-6(4)12/h3-5H,1-2H2,(H,11,12). The molecule has 1 aliphatic heterocycles. The van der Waals surface area contributed by atoms with Gasteiger partial charge in [0.1, 0.15) is 0 Å². The number of amides is 1. The Balaban J connectivity index is 2.06. The summed E-state index contributed by atoms with van der Waals surface area (Å²) in [7, 11) is 0. The second kappa shape index (κ2) is 2.14. The van der Waals surface area contributed by atoms with Gasteiger partial charge in [-0.2, -0.15) is 13.2 Å². The number of rotatable bonds is 1. The van der Waals surface area contributed by atoms with Crippen LogP contribution >= 0.6 is 0 Å². The van der Waals surface area contributed by atoms with E-state index in [2.05, 4.69) is 5.32 Å². The molecule has 2 aliphatic rings. The second-order valence-corrected chi connectivity index (χ2v) is 3.39. The number of hydrogen-bond acceptors (Lipinski definition) is 1. The van der Waals surface area contributed by atoms with Gasteiger partial charge in [0.2, 0.25) is 5.91 Å². The van der Waals surface area contributed by atoms with Crippen molar-refractivity contribution in [1.82, 2.24) is 5.32 Å². The van der Waals surface area contributed by atoms with Gasteiger partial charge in [0.15, 0.2) is 5.92 Å². The van der Waals surface area contributed by atoms with Crippen molar-refractivity contribution in [3.8, 4) is 0 Å². The lowest BCUT2D eigenvalue weighted by Crippen LogP contribution is -2.64. The van der Waals surface area contributed by atoms with Gasteiger partial charge >= 0.3 is 6.18 Å². The van der Waals surface area contributed by atoms with Crippen LogP contribution < -0.4 is 5.32 Å². The highest BCUT2D eigenvalue weighted by atomic mass is 19.4. The second-order valence-electron chi connectivity index (χ2n) is 3.39. The molecule has 5 heteroatoms. The summed E-state index contributed by atoms with van der Waals surface area (Å²) >= 11 is 0. The number of alkyl halides is 3. The van der Waals surface area contributed by atoms with Gasteiger partial charge in [-0.3, -0.25) is 4.79 Å². The van der Waals surface area contributed by atoms with E-state index in [9.17, 15) is 18.0 Å². The van der Waals surface area contributed by atoms with Crippen molar-refractivity contribution in [2.45, 2.75) is 25.1 Å². The summed E-state index contributed by atoms with van der Waals surface area (Å²) in [5.41, 5.74) is 0. The van der Waals surface area contributed by atoms with Gasteiger partial charge in [-0.1, -0.05) is 0 Å². The first kappa shape index (κ1) is 7.89. The van der Waals surface area contributed by atoms with Crippen LogP contribution in [0.1, 0.15) is 12.8 Å². The molecule has 0 aromatic heterocycles. The Morgan fingerprint density at radius 3 is 2.25 bits per heavy atom. The molecule has 0 aromatic carbocycles. The maximum atomic E-state index is 12.1. The minimum atomic E-state index is -4.35. The molecule has 2 atom stereocenters. The van der Waals surface area contributed by atoms with E-state index in [0.717, 1.165) is 12.8 Å². The molecule has 2 fully saturated rings. The predicted molar refractivity (Wildman–Crippen MR) is 34.2 cm³/mol. The maximum absolute atomic E-state index is 12.1. The summed E-state index contributed by atoms with van der Waals surface area (Å²) in [5.74, 6) is -2.52. The lowest BCUT2D eigenvalue weighted by Gasteiger charge is -2.37. The lowest BCUT2D eigenvalue weighted by atomic mass is 9.86. The third-order valence-corrected chi connectivity index (χ3v) is 2.43. The van der Waals surface area contributed by atoms with Crippen LogP contribution in [0.5, 0.6) is 0 Å². The molecule has 2 rings (SSSR count). The van der Waals surface area contributed by atoms with Crippen LogP contribution in [0.3, 0.4) is 0 Å². The van der Waals surface area contributed by atoms with Crippen molar-refractivity contribution in [1.29, 1.82) is 0 Å². The lowest BCUT2D eigenvalue weighted by molar-refractivity contribution is -0.205. The average Bonchev–Trinajstić information content (AvgIpc) is 2.58. The van der Waals surface area contributed by atoms with Crippen molar-refractivity contribution >= 4 is 5.91 Å².